The summed E-state index contributed by atoms with van der Waals surface area (Å²) in [6.07, 6.45) is 10.8. The van der Waals surface area contributed by atoms with Gasteiger partial charge in [-0.05, 0) is 31.1 Å². The maximum absolute atomic E-state index is 11.8. The monoisotopic (exact) mass is 317 g/mol. The zero-order chi connectivity index (χ0) is 13.2. The summed E-state index contributed by atoms with van der Waals surface area (Å²) >= 11 is 3.49. The SMILES string of the molecule is CCCC(CCBr)CNC(=O)CCC1CCCC1. The summed E-state index contributed by atoms with van der Waals surface area (Å²) in [6.45, 7) is 3.08. The van der Waals surface area contributed by atoms with Gasteiger partial charge >= 0.3 is 0 Å². The molecule has 1 N–H and O–H groups in total. The van der Waals surface area contributed by atoms with Crippen LogP contribution in [0.2, 0.25) is 0 Å². The molecule has 1 rings (SSSR count). The molecule has 0 saturated heterocycles. The lowest BCUT2D eigenvalue weighted by Gasteiger charge is -2.16. The largest absolute Gasteiger partial charge is 0.356 e. The second kappa shape index (κ2) is 9.82. The molecule has 0 aromatic rings. The van der Waals surface area contributed by atoms with Gasteiger partial charge in [-0.1, -0.05) is 55.0 Å². The van der Waals surface area contributed by atoms with Gasteiger partial charge in [0, 0.05) is 18.3 Å². The highest BCUT2D eigenvalue weighted by atomic mass is 79.9. The van der Waals surface area contributed by atoms with E-state index in [2.05, 4.69) is 28.2 Å². The highest BCUT2D eigenvalue weighted by Crippen LogP contribution is 2.28. The van der Waals surface area contributed by atoms with E-state index >= 15 is 0 Å². The van der Waals surface area contributed by atoms with Crippen LogP contribution in [0.5, 0.6) is 0 Å². The van der Waals surface area contributed by atoms with Gasteiger partial charge in [-0.25, -0.2) is 0 Å². The normalized spacial score (nSPS) is 17.9. The lowest BCUT2D eigenvalue weighted by atomic mass is 10.00. The molecule has 0 aromatic heterocycles. The van der Waals surface area contributed by atoms with Crippen molar-refractivity contribution in [3.63, 3.8) is 0 Å². The Morgan fingerprint density at radius 1 is 1.33 bits per heavy atom. The van der Waals surface area contributed by atoms with Crippen molar-refractivity contribution in [2.45, 2.75) is 64.7 Å². The topological polar surface area (TPSA) is 29.1 Å². The second-order valence-electron chi connectivity index (χ2n) is 5.63. The van der Waals surface area contributed by atoms with Gasteiger partial charge in [-0.2, -0.15) is 0 Å². The smallest absolute Gasteiger partial charge is 0.220 e. The summed E-state index contributed by atoms with van der Waals surface area (Å²) in [6, 6.07) is 0. The Hall–Kier alpha value is -0.0500. The Morgan fingerprint density at radius 2 is 2.06 bits per heavy atom. The molecule has 0 aromatic carbocycles. The van der Waals surface area contributed by atoms with Crippen molar-refractivity contribution in [3.8, 4) is 0 Å². The van der Waals surface area contributed by atoms with Gasteiger partial charge in [-0.3, -0.25) is 4.79 Å². The number of alkyl halides is 1. The molecule has 1 amide bonds. The summed E-state index contributed by atoms with van der Waals surface area (Å²) in [5.74, 6) is 1.73. The highest BCUT2D eigenvalue weighted by Gasteiger charge is 2.16. The van der Waals surface area contributed by atoms with E-state index < -0.39 is 0 Å². The van der Waals surface area contributed by atoms with E-state index in [9.17, 15) is 4.79 Å². The number of nitrogens with one attached hydrogen (secondary N) is 1. The number of hydrogen-bond donors (Lipinski definition) is 1. The van der Waals surface area contributed by atoms with Crippen LogP contribution < -0.4 is 5.32 Å². The maximum atomic E-state index is 11.8. The molecule has 0 spiro atoms. The van der Waals surface area contributed by atoms with Crippen LogP contribution >= 0.6 is 15.9 Å². The van der Waals surface area contributed by atoms with Gasteiger partial charge in [0.1, 0.15) is 0 Å². The zero-order valence-corrected chi connectivity index (χ0v) is 13.3. The Morgan fingerprint density at radius 3 is 2.67 bits per heavy atom. The molecular formula is C15H28BrNO. The second-order valence-corrected chi connectivity index (χ2v) is 6.42. The number of amides is 1. The number of carbonyl (C=O) groups is 1. The van der Waals surface area contributed by atoms with Gasteiger partial charge < -0.3 is 5.32 Å². The zero-order valence-electron chi connectivity index (χ0n) is 11.7. The van der Waals surface area contributed by atoms with Crippen LogP contribution in [0.1, 0.15) is 64.7 Å². The maximum Gasteiger partial charge on any atom is 0.220 e. The third kappa shape index (κ3) is 6.77. The van der Waals surface area contributed by atoms with Crippen LogP contribution in [0.3, 0.4) is 0 Å². The molecule has 3 heteroatoms. The summed E-state index contributed by atoms with van der Waals surface area (Å²) in [5.41, 5.74) is 0. The van der Waals surface area contributed by atoms with Crippen LogP contribution in [-0.2, 0) is 4.79 Å². The Balaban J connectivity index is 2.10. The quantitative estimate of drug-likeness (QED) is 0.632. The average molecular weight is 318 g/mol. The minimum Gasteiger partial charge on any atom is -0.356 e. The van der Waals surface area contributed by atoms with Crippen molar-refractivity contribution in [1.29, 1.82) is 0 Å². The molecule has 1 aliphatic carbocycles. The van der Waals surface area contributed by atoms with E-state index in [-0.39, 0.29) is 5.91 Å². The number of halogens is 1. The van der Waals surface area contributed by atoms with Crippen LogP contribution in [-0.4, -0.2) is 17.8 Å². The molecule has 0 heterocycles. The molecule has 106 valence electrons. The van der Waals surface area contributed by atoms with Crippen molar-refractivity contribution in [2.24, 2.45) is 11.8 Å². The van der Waals surface area contributed by atoms with E-state index in [0.29, 0.717) is 5.92 Å². The summed E-state index contributed by atoms with van der Waals surface area (Å²) < 4.78 is 0. The minimum atomic E-state index is 0.262. The molecule has 0 aliphatic heterocycles. The van der Waals surface area contributed by atoms with E-state index in [1.807, 2.05) is 0 Å². The highest BCUT2D eigenvalue weighted by molar-refractivity contribution is 9.09. The molecule has 1 atom stereocenters. The lowest BCUT2D eigenvalue weighted by molar-refractivity contribution is -0.121. The lowest BCUT2D eigenvalue weighted by Crippen LogP contribution is -2.29. The first-order valence-electron chi connectivity index (χ1n) is 7.59. The van der Waals surface area contributed by atoms with Crippen molar-refractivity contribution >= 4 is 21.8 Å². The Labute approximate surface area is 120 Å². The molecule has 1 aliphatic rings. The van der Waals surface area contributed by atoms with E-state index in [1.165, 1.54) is 38.5 Å². The van der Waals surface area contributed by atoms with E-state index in [1.54, 1.807) is 0 Å². The molecular weight excluding hydrogens is 290 g/mol. The van der Waals surface area contributed by atoms with Crippen LogP contribution in [0.4, 0.5) is 0 Å². The molecule has 1 fully saturated rings. The fraction of sp³-hybridized carbons (Fsp3) is 0.933. The summed E-state index contributed by atoms with van der Waals surface area (Å²) in [4.78, 5) is 11.8. The van der Waals surface area contributed by atoms with Gasteiger partial charge in [0.2, 0.25) is 5.91 Å². The van der Waals surface area contributed by atoms with Crippen LogP contribution in [0, 0.1) is 11.8 Å². The summed E-state index contributed by atoms with van der Waals surface area (Å²) in [7, 11) is 0. The molecule has 1 unspecified atom stereocenters. The average Bonchev–Trinajstić information content (AvgIpc) is 2.87. The Kier molecular flexibility index (Phi) is 8.74. The first-order chi connectivity index (χ1) is 8.76. The van der Waals surface area contributed by atoms with Crippen molar-refractivity contribution in [1.82, 2.24) is 5.32 Å². The standard InChI is InChI=1S/C15H28BrNO/c1-2-5-14(10-11-16)12-17-15(18)9-8-13-6-3-4-7-13/h13-14H,2-12H2,1H3,(H,17,18). The van der Waals surface area contributed by atoms with Gasteiger partial charge in [0.05, 0.1) is 0 Å². The molecule has 2 nitrogen and oxygen atoms in total. The first-order valence-corrected chi connectivity index (χ1v) is 8.71. The predicted octanol–water partition coefficient (Wildman–Crippen LogP) is 4.27. The molecule has 18 heavy (non-hydrogen) atoms. The van der Waals surface area contributed by atoms with Crippen molar-refractivity contribution in [2.75, 3.05) is 11.9 Å². The fourth-order valence-electron chi connectivity index (χ4n) is 2.89. The number of hydrogen-bond acceptors (Lipinski definition) is 1. The van der Waals surface area contributed by atoms with Gasteiger partial charge in [0.15, 0.2) is 0 Å². The van der Waals surface area contributed by atoms with E-state index in [4.69, 9.17) is 0 Å². The Bertz CT molecular complexity index is 221. The van der Waals surface area contributed by atoms with Crippen molar-refractivity contribution in [3.05, 3.63) is 0 Å². The molecule has 1 saturated carbocycles. The number of rotatable bonds is 9. The van der Waals surface area contributed by atoms with Crippen molar-refractivity contribution < 1.29 is 4.79 Å². The molecule has 0 radical (unpaired) electrons. The minimum absolute atomic E-state index is 0.262. The van der Waals surface area contributed by atoms with Crippen LogP contribution in [0.15, 0.2) is 0 Å². The third-order valence-electron chi connectivity index (χ3n) is 4.06. The molecule has 0 bridgehead atoms. The first kappa shape index (κ1) is 16.0. The van der Waals surface area contributed by atoms with Crippen LogP contribution in [0.25, 0.3) is 0 Å². The fourth-order valence-corrected chi connectivity index (χ4v) is 3.54. The third-order valence-corrected chi connectivity index (χ3v) is 4.51. The summed E-state index contributed by atoms with van der Waals surface area (Å²) in [5, 5.41) is 4.15. The van der Waals surface area contributed by atoms with E-state index in [0.717, 1.165) is 37.1 Å². The van der Waals surface area contributed by atoms with Gasteiger partial charge in [0.25, 0.3) is 0 Å². The predicted molar refractivity (Wildman–Crippen MR) is 81.0 cm³/mol. The van der Waals surface area contributed by atoms with Gasteiger partial charge in [-0.15, -0.1) is 0 Å². The number of carbonyl (C=O) groups excluding carboxylic acids is 1.